The van der Waals surface area contributed by atoms with Gasteiger partial charge in [-0.25, -0.2) is 0 Å². The number of aryl methyl sites for hydroxylation is 1. The van der Waals surface area contributed by atoms with Crippen molar-refractivity contribution in [1.29, 1.82) is 0 Å². The van der Waals surface area contributed by atoms with Crippen LogP contribution in [-0.2, 0) is 0 Å². The first-order chi connectivity index (χ1) is 8.49. The van der Waals surface area contributed by atoms with Gasteiger partial charge in [0.05, 0.1) is 4.92 Å². The highest BCUT2D eigenvalue weighted by Gasteiger charge is 2.15. The van der Waals surface area contributed by atoms with Crippen molar-refractivity contribution in [1.82, 2.24) is 5.32 Å². The highest BCUT2D eigenvalue weighted by atomic mass is 16.6. The van der Waals surface area contributed by atoms with Crippen LogP contribution in [0.3, 0.4) is 0 Å². The van der Waals surface area contributed by atoms with E-state index in [1.165, 1.54) is 18.2 Å². The lowest BCUT2D eigenvalue weighted by Crippen LogP contribution is -2.39. The van der Waals surface area contributed by atoms with Crippen molar-refractivity contribution in [2.24, 2.45) is 5.73 Å². The topological polar surface area (TPSA) is 98.3 Å². The summed E-state index contributed by atoms with van der Waals surface area (Å²) in [6.45, 7) is 3.97. The molecule has 3 N–H and O–H groups in total. The van der Waals surface area contributed by atoms with Crippen molar-refractivity contribution in [3.8, 4) is 0 Å². The van der Waals surface area contributed by atoms with Crippen molar-refractivity contribution in [3.63, 3.8) is 0 Å². The Balaban J connectivity index is 2.90. The van der Waals surface area contributed by atoms with Gasteiger partial charge < -0.3 is 11.1 Å². The third kappa shape index (κ3) is 3.27. The summed E-state index contributed by atoms with van der Waals surface area (Å²) in [4.78, 5) is 22.0. The third-order valence-corrected chi connectivity index (χ3v) is 2.78. The summed E-state index contributed by atoms with van der Waals surface area (Å²) in [7, 11) is 0. The zero-order valence-corrected chi connectivity index (χ0v) is 10.5. The van der Waals surface area contributed by atoms with Crippen LogP contribution in [0.15, 0.2) is 18.2 Å². The monoisotopic (exact) mass is 251 g/mol. The second kappa shape index (κ2) is 6.11. The number of rotatable bonds is 5. The average Bonchev–Trinajstić information content (AvgIpc) is 2.35. The molecule has 98 valence electrons. The minimum atomic E-state index is -0.483. The predicted octanol–water partition coefficient (Wildman–Crippen LogP) is 1.37. The minimum absolute atomic E-state index is 0.0186. The molecule has 6 nitrogen and oxygen atoms in total. The molecule has 6 heteroatoms. The number of amides is 1. The molecule has 1 aromatic carbocycles. The Bertz CT molecular complexity index is 456. The van der Waals surface area contributed by atoms with Gasteiger partial charge >= 0.3 is 0 Å². The summed E-state index contributed by atoms with van der Waals surface area (Å²) in [5.74, 6) is -0.250. The van der Waals surface area contributed by atoms with Crippen LogP contribution in [0.4, 0.5) is 5.69 Å². The van der Waals surface area contributed by atoms with Crippen LogP contribution in [0.2, 0.25) is 0 Å². The molecule has 0 fully saturated rings. The Labute approximate surface area is 105 Å². The van der Waals surface area contributed by atoms with Gasteiger partial charge in [0.2, 0.25) is 0 Å². The standard InChI is InChI=1S/C12H17N3O3/c1-3-9(7-13)14-12(16)11-5-4-10(15(17)18)6-8(11)2/h4-6,9H,3,7,13H2,1-2H3,(H,14,16). The van der Waals surface area contributed by atoms with Crippen LogP contribution in [0.25, 0.3) is 0 Å². The summed E-state index contributed by atoms with van der Waals surface area (Å²) in [5.41, 5.74) is 6.50. The number of nitro groups is 1. The number of nitro benzene ring substituents is 1. The van der Waals surface area contributed by atoms with Gasteiger partial charge in [-0.15, -0.1) is 0 Å². The van der Waals surface area contributed by atoms with E-state index in [1.54, 1.807) is 6.92 Å². The van der Waals surface area contributed by atoms with Crippen LogP contribution < -0.4 is 11.1 Å². The van der Waals surface area contributed by atoms with Gasteiger partial charge in [0.15, 0.2) is 0 Å². The molecule has 0 aliphatic heterocycles. The lowest BCUT2D eigenvalue weighted by atomic mass is 10.1. The van der Waals surface area contributed by atoms with Crippen molar-refractivity contribution >= 4 is 11.6 Å². The SMILES string of the molecule is CCC(CN)NC(=O)c1ccc([N+](=O)[O-])cc1C. The Hall–Kier alpha value is -1.95. The fourth-order valence-corrected chi connectivity index (χ4v) is 1.61. The Morgan fingerprint density at radius 3 is 2.67 bits per heavy atom. The van der Waals surface area contributed by atoms with Crippen LogP contribution in [0.1, 0.15) is 29.3 Å². The maximum absolute atomic E-state index is 11.9. The molecular formula is C12H17N3O3. The molecule has 1 unspecified atom stereocenters. The van der Waals surface area contributed by atoms with E-state index in [1.807, 2.05) is 6.92 Å². The molecular weight excluding hydrogens is 234 g/mol. The molecule has 1 aromatic rings. The van der Waals surface area contributed by atoms with Gasteiger partial charge in [0.25, 0.3) is 11.6 Å². The summed E-state index contributed by atoms with van der Waals surface area (Å²) in [5, 5.41) is 13.4. The number of nitrogens with one attached hydrogen (secondary N) is 1. The number of non-ortho nitro benzene ring substituents is 1. The Kier molecular flexibility index (Phi) is 4.79. The summed E-state index contributed by atoms with van der Waals surface area (Å²) in [6.07, 6.45) is 0.744. The zero-order chi connectivity index (χ0) is 13.7. The van der Waals surface area contributed by atoms with E-state index < -0.39 is 4.92 Å². The van der Waals surface area contributed by atoms with Gasteiger partial charge in [0, 0.05) is 30.3 Å². The van der Waals surface area contributed by atoms with E-state index in [0.29, 0.717) is 17.7 Å². The first-order valence-corrected chi connectivity index (χ1v) is 5.75. The second-order valence-corrected chi connectivity index (χ2v) is 4.07. The average molecular weight is 251 g/mol. The molecule has 0 aromatic heterocycles. The summed E-state index contributed by atoms with van der Waals surface area (Å²) >= 11 is 0. The quantitative estimate of drug-likeness (QED) is 0.610. The van der Waals surface area contributed by atoms with Gasteiger partial charge in [-0.3, -0.25) is 14.9 Å². The molecule has 0 bridgehead atoms. The normalized spacial score (nSPS) is 11.9. The number of hydrogen-bond donors (Lipinski definition) is 2. The van der Waals surface area contributed by atoms with Gasteiger partial charge in [-0.1, -0.05) is 6.92 Å². The van der Waals surface area contributed by atoms with E-state index in [2.05, 4.69) is 5.32 Å². The number of nitrogens with two attached hydrogens (primary N) is 1. The molecule has 0 heterocycles. The fraction of sp³-hybridized carbons (Fsp3) is 0.417. The smallest absolute Gasteiger partial charge is 0.269 e. The van der Waals surface area contributed by atoms with Crippen LogP contribution in [-0.4, -0.2) is 23.4 Å². The zero-order valence-electron chi connectivity index (χ0n) is 10.5. The number of carbonyl (C=O) groups is 1. The van der Waals surface area contributed by atoms with Gasteiger partial charge in [-0.2, -0.15) is 0 Å². The fourth-order valence-electron chi connectivity index (χ4n) is 1.61. The van der Waals surface area contributed by atoms with Crippen LogP contribution >= 0.6 is 0 Å². The number of benzene rings is 1. The molecule has 18 heavy (non-hydrogen) atoms. The minimum Gasteiger partial charge on any atom is -0.348 e. The van der Waals surface area contributed by atoms with Gasteiger partial charge in [-0.05, 0) is 25.0 Å². The largest absolute Gasteiger partial charge is 0.348 e. The molecule has 0 spiro atoms. The molecule has 0 saturated carbocycles. The highest BCUT2D eigenvalue weighted by Crippen LogP contribution is 2.17. The second-order valence-electron chi connectivity index (χ2n) is 4.07. The first-order valence-electron chi connectivity index (χ1n) is 5.75. The van der Waals surface area contributed by atoms with Crippen LogP contribution in [0, 0.1) is 17.0 Å². The van der Waals surface area contributed by atoms with E-state index in [-0.39, 0.29) is 17.6 Å². The molecule has 0 aliphatic rings. The molecule has 1 atom stereocenters. The Morgan fingerprint density at radius 2 is 2.22 bits per heavy atom. The molecule has 1 amide bonds. The molecule has 0 saturated heterocycles. The van der Waals surface area contributed by atoms with Crippen LogP contribution in [0.5, 0.6) is 0 Å². The van der Waals surface area contributed by atoms with Crippen molar-refractivity contribution in [3.05, 3.63) is 39.4 Å². The predicted molar refractivity (Wildman–Crippen MR) is 68.4 cm³/mol. The highest BCUT2D eigenvalue weighted by molar-refractivity contribution is 5.96. The maximum atomic E-state index is 11.9. The van der Waals surface area contributed by atoms with Crippen molar-refractivity contribution < 1.29 is 9.72 Å². The third-order valence-electron chi connectivity index (χ3n) is 2.78. The lowest BCUT2D eigenvalue weighted by molar-refractivity contribution is -0.384. The van der Waals surface area contributed by atoms with Gasteiger partial charge in [0.1, 0.15) is 0 Å². The molecule has 0 aliphatic carbocycles. The number of carbonyl (C=O) groups excluding carboxylic acids is 1. The molecule has 1 rings (SSSR count). The number of hydrogen-bond acceptors (Lipinski definition) is 4. The summed E-state index contributed by atoms with van der Waals surface area (Å²) < 4.78 is 0. The first kappa shape index (κ1) is 14.1. The lowest BCUT2D eigenvalue weighted by Gasteiger charge is -2.15. The molecule has 0 radical (unpaired) electrons. The van der Waals surface area contributed by atoms with E-state index in [0.717, 1.165) is 6.42 Å². The van der Waals surface area contributed by atoms with Crippen molar-refractivity contribution in [2.75, 3.05) is 6.54 Å². The van der Waals surface area contributed by atoms with E-state index in [4.69, 9.17) is 5.73 Å². The maximum Gasteiger partial charge on any atom is 0.269 e. The van der Waals surface area contributed by atoms with E-state index >= 15 is 0 Å². The Morgan fingerprint density at radius 1 is 1.56 bits per heavy atom. The van der Waals surface area contributed by atoms with E-state index in [9.17, 15) is 14.9 Å². The number of nitrogens with zero attached hydrogens (tertiary/aromatic N) is 1. The van der Waals surface area contributed by atoms with Crippen molar-refractivity contribution in [2.45, 2.75) is 26.3 Å². The summed E-state index contributed by atoms with van der Waals surface area (Å²) in [6, 6.07) is 4.10.